The van der Waals surface area contributed by atoms with Crippen molar-refractivity contribution >= 4 is 11.8 Å². The second-order valence-electron chi connectivity index (χ2n) is 4.86. The molecule has 2 aliphatic rings. The van der Waals surface area contributed by atoms with Gasteiger partial charge in [-0.25, -0.2) is 0 Å². The van der Waals surface area contributed by atoms with Crippen LogP contribution in [-0.4, -0.2) is 11.8 Å². The fraction of sp³-hybridized carbons (Fsp3) is 0.478. The van der Waals surface area contributed by atoms with E-state index in [9.17, 15) is 9.59 Å². The van der Waals surface area contributed by atoms with Crippen LogP contribution in [0, 0.1) is 0 Å². The number of rotatable bonds is 0. The molecule has 1 aliphatic carbocycles. The van der Waals surface area contributed by atoms with Gasteiger partial charge in [0.2, 0.25) is 0 Å². The molecule has 1 N–H and O–H groups in total. The summed E-state index contributed by atoms with van der Waals surface area (Å²) in [6, 6.07) is 0. The van der Waals surface area contributed by atoms with Gasteiger partial charge in [-0.3, -0.25) is 14.9 Å². The van der Waals surface area contributed by atoms with E-state index in [0.717, 1.165) is 35.1 Å². The molecule has 1 saturated heterocycles. The molecule has 1 aliphatic heterocycles. The van der Waals surface area contributed by atoms with Gasteiger partial charge in [0.25, 0.3) is 11.8 Å². The zero-order valence-corrected chi connectivity index (χ0v) is 18.2. The standard InChI is InChI=1S/C17H19NO2.3C2H6/c1-5-11-9-8-10(4)14(11)15-12(6-2)16(19)18-17(20)13(15)7-3;3*1-2/h5-7H,4,8-9H2,1-3H3,(H,18,19,20);3*1-2H3/b11-5-,12-6+,13-7+;;;. The van der Waals surface area contributed by atoms with Crippen LogP contribution in [0.5, 0.6) is 0 Å². The van der Waals surface area contributed by atoms with E-state index in [1.165, 1.54) is 0 Å². The third kappa shape index (κ3) is 5.69. The summed E-state index contributed by atoms with van der Waals surface area (Å²) in [5.74, 6) is -0.665. The molecule has 2 rings (SSSR count). The molecule has 0 aromatic heterocycles. The van der Waals surface area contributed by atoms with Crippen LogP contribution in [-0.2, 0) is 9.59 Å². The lowest BCUT2D eigenvalue weighted by atomic mass is 9.85. The Kier molecular flexibility index (Phi) is 14.1. The number of hydrogen-bond donors (Lipinski definition) is 1. The molecule has 0 aromatic rings. The zero-order chi connectivity index (χ0) is 20.9. The van der Waals surface area contributed by atoms with Crippen LogP contribution < -0.4 is 5.32 Å². The molecule has 0 unspecified atom stereocenters. The topological polar surface area (TPSA) is 46.2 Å². The number of amides is 2. The first kappa shape index (κ1) is 26.1. The molecular weight excluding hydrogens is 322 g/mol. The average Bonchev–Trinajstić information content (AvgIpc) is 3.06. The van der Waals surface area contributed by atoms with Crippen LogP contribution >= 0.6 is 0 Å². The number of nitrogens with one attached hydrogen (secondary N) is 1. The van der Waals surface area contributed by atoms with E-state index in [0.29, 0.717) is 11.1 Å². The highest BCUT2D eigenvalue weighted by molar-refractivity contribution is 6.20. The van der Waals surface area contributed by atoms with E-state index in [-0.39, 0.29) is 11.8 Å². The van der Waals surface area contributed by atoms with Gasteiger partial charge in [0.05, 0.1) is 0 Å². The lowest BCUT2D eigenvalue weighted by Crippen LogP contribution is -2.39. The van der Waals surface area contributed by atoms with Gasteiger partial charge in [-0.1, -0.05) is 66.3 Å². The van der Waals surface area contributed by atoms with E-state index < -0.39 is 0 Å². The minimum Gasteiger partial charge on any atom is -0.288 e. The van der Waals surface area contributed by atoms with E-state index >= 15 is 0 Å². The van der Waals surface area contributed by atoms with Crippen LogP contribution in [0.4, 0.5) is 0 Å². The Morgan fingerprint density at radius 2 is 1.15 bits per heavy atom. The highest BCUT2D eigenvalue weighted by Crippen LogP contribution is 2.41. The number of imide groups is 1. The van der Waals surface area contributed by atoms with Gasteiger partial charge >= 0.3 is 0 Å². The minimum absolute atomic E-state index is 0.333. The predicted octanol–water partition coefficient (Wildman–Crippen LogP) is 6.21. The molecule has 0 bridgehead atoms. The molecule has 3 heteroatoms. The molecule has 146 valence electrons. The number of allylic oxidation sites excluding steroid dienone is 6. The molecular formula is C23H37NO2. The second-order valence-corrected chi connectivity index (χ2v) is 4.86. The molecule has 0 aromatic carbocycles. The first-order chi connectivity index (χ1) is 12.5. The molecule has 2 amide bonds. The molecule has 0 spiro atoms. The minimum atomic E-state index is -0.333. The Hall–Kier alpha value is -2.16. The number of piperidine rings is 1. The molecule has 1 heterocycles. The predicted molar refractivity (Wildman–Crippen MR) is 114 cm³/mol. The van der Waals surface area contributed by atoms with E-state index in [4.69, 9.17) is 0 Å². The quantitative estimate of drug-likeness (QED) is 0.413. The Morgan fingerprint density at radius 1 is 0.731 bits per heavy atom. The second kappa shape index (κ2) is 14.1. The van der Waals surface area contributed by atoms with Crippen molar-refractivity contribution in [1.29, 1.82) is 0 Å². The summed E-state index contributed by atoms with van der Waals surface area (Å²) in [6.07, 6.45) is 7.34. The number of hydrogen-bond acceptors (Lipinski definition) is 2. The Bertz CT molecular complexity index is 597. The van der Waals surface area contributed by atoms with Crippen molar-refractivity contribution in [3.05, 3.63) is 58.2 Å². The monoisotopic (exact) mass is 359 g/mol. The zero-order valence-electron chi connectivity index (χ0n) is 18.2. The largest absolute Gasteiger partial charge is 0.288 e. The first-order valence-corrected chi connectivity index (χ1v) is 9.82. The molecule has 0 radical (unpaired) electrons. The molecule has 0 atom stereocenters. The number of carbonyl (C=O) groups excluding carboxylic acids is 2. The van der Waals surface area contributed by atoms with Gasteiger partial charge in [0.1, 0.15) is 0 Å². The van der Waals surface area contributed by atoms with Crippen molar-refractivity contribution < 1.29 is 9.59 Å². The van der Waals surface area contributed by atoms with Crippen LogP contribution in [0.15, 0.2) is 58.2 Å². The Labute approximate surface area is 160 Å². The van der Waals surface area contributed by atoms with Gasteiger partial charge in [0, 0.05) is 16.7 Å². The fourth-order valence-electron chi connectivity index (χ4n) is 2.82. The van der Waals surface area contributed by atoms with Crippen LogP contribution in [0.3, 0.4) is 0 Å². The van der Waals surface area contributed by atoms with Crippen LogP contribution in [0.25, 0.3) is 0 Å². The van der Waals surface area contributed by atoms with E-state index in [2.05, 4.69) is 11.9 Å². The van der Waals surface area contributed by atoms with Crippen molar-refractivity contribution in [2.24, 2.45) is 0 Å². The maximum Gasteiger partial charge on any atom is 0.258 e. The highest BCUT2D eigenvalue weighted by Gasteiger charge is 2.34. The van der Waals surface area contributed by atoms with Gasteiger partial charge in [0.15, 0.2) is 0 Å². The average molecular weight is 360 g/mol. The van der Waals surface area contributed by atoms with E-state index in [1.807, 2.05) is 68.4 Å². The van der Waals surface area contributed by atoms with Crippen molar-refractivity contribution in [2.45, 2.75) is 75.2 Å². The maximum atomic E-state index is 12.1. The summed E-state index contributed by atoms with van der Waals surface area (Å²) < 4.78 is 0. The SMILES string of the molecule is C=C1CC/C(=C/C)C1=C1/C(=C\C)C(=O)NC(=O)/C1=C/C.CC.CC.CC. The highest BCUT2D eigenvalue weighted by atomic mass is 16.2. The summed E-state index contributed by atoms with van der Waals surface area (Å²) in [4.78, 5) is 24.1. The molecule has 2 fully saturated rings. The van der Waals surface area contributed by atoms with E-state index in [1.54, 1.807) is 12.2 Å². The molecule has 1 saturated carbocycles. The third-order valence-electron chi connectivity index (χ3n) is 3.80. The summed E-state index contributed by atoms with van der Waals surface area (Å²) in [5, 5.41) is 2.38. The van der Waals surface area contributed by atoms with Gasteiger partial charge < -0.3 is 0 Å². The fourth-order valence-corrected chi connectivity index (χ4v) is 2.82. The summed E-state index contributed by atoms with van der Waals surface area (Å²) in [5.41, 5.74) is 4.96. The van der Waals surface area contributed by atoms with Gasteiger partial charge in [-0.05, 0) is 50.3 Å². The first-order valence-electron chi connectivity index (χ1n) is 9.82. The van der Waals surface area contributed by atoms with Gasteiger partial charge in [-0.2, -0.15) is 0 Å². The van der Waals surface area contributed by atoms with Crippen molar-refractivity contribution in [3.8, 4) is 0 Å². The molecule has 26 heavy (non-hydrogen) atoms. The number of carbonyl (C=O) groups is 2. The van der Waals surface area contributed by atoms with Crippen molar-refractivity contribution in [2.75, 3.05) is 0 Å². The summed E-state index contributed by atoms with van der Waals surface area (Å²) in [7, 11) is 0. The lowest BCUT2D eigenvalue weighted by Gasteiger charge is -2.23. The van der Waals surface area contributed by atoms with Crippen molar-refractivity contribution in [3.63, 3.8) is 0 Å². The summed E-state index contributed by atoms with van der Waals surface area (Å²) in [6.45, 7) is 21.7. The normalized spacial score (nSPS) is 20.8. The van der Waals surface area contributed by atoms with Gasteiger partial charge in [-0.15, -0.1) is 0 Å². The Balaban J connectivity index is 0. The maximum absolute atomic E-state index is 12.1. The lowest BCUT2D eigenvalue weighted by molar-refractivity contribution is -0.126. The van der Waals surface area contributed by atoms with Crippen molar-refractivity contribution in [1.82, 2.24) is 5.32 Å². The van der Waals surface area contributed by atoms with Crippen LogP contribution in [0.1, 0.15) is 75.2 Å². The third-order valence-corrected chi connectivity index (χ3v) is 3.80. The summed E-state index contributed by atoms with van der Waals surface area (Å²) >= 11 is 0. The smallest absolute Gasteiger partial charge is 0.258 e. The Morgan fingerprint density at radius 3 is 1.50 bits per heavy atom. The van der Waals surface area contributed by atoms with Crippen LogP contribution in [0.2, 0.25) is 0 Å². The molecule has 3 nitrogen and oxygen atoms in total.